The minimum atomic E-state index is -0.845. The maximum atomic E-state index is 11.6. The van der Waals surface area contributed by atoms with Crippen molar-refractivity contribution in [1.29, 1.82) is 0 Å². The van der Waals surface area contributed by atoms with Crippen LogP contribution in [0.3, 0.4) is 0 Å². The van der Waals surface area contributed by atoms with Crippen LogP contribution in [0, 0.1) is 0 Å². The van der Waals surface area contributed by atoms with Crippen molar-refractivity contribution in [2.45, 2.75) is 45.1 Å². The van der Waals surface area contributed by atoms with Gasteiger partial charge in [0.05, 0.1) is 18.3 Å². The number of fused-ring (bicyclic) bond motifs is 1. The van der Waals surface area contributed by atoms with Crippen molar-refractivity contribution in [3.8, 4) is 0 Å². The number of allylic oxidation sites excluding steroid dienone is 3. The highest BCUT2D eigenvalue weighted by atomic mass is 16.5. The minimum absolute atomic E-state index is 0.0768. The summed E-state index contributed by atoms with van der Waals surface area (Å²) in [5.74, 6) is -0.332. The fourth-order valence-electron chi connectivity index (χ4n) is 3.57. The molecule has 0 bridgehead atoms. The highest BCUT2D eigenvalue weighted by Gasteiger charge is 2.27. The molecule has 0 saturated carbocycles. The molecule has 3 heteroatoms. The highest BCUT2D eigenvalue weighted by molar-refractivity contribution is 5.89. The van der Waals surface area contributed by atoms with Crippen LogP contribution in [-0.2, 0) is 10.2 Å². The number of ether oxygens (including phenoxy) is 1. The third kappa shape index (κ3) is 5.17. The van der Waals surface area contributed by atoms with Crippen molar-refractivity contribution >= 4 is 23.7 Å². The molecule has 0 atom stereocenters. The highest BCUT2D eigenvalue weighted by Crippen LogP contribution is 2.40. The van der Waals surface area contributed by atoms with E-state index in [1.54, 1.807) is 26.0 Å². The molecule has 0 aliphatic heterocycles. The number of benzene rings is 2. The van der Waals surface area contributed by atoms with E-state index in [0.717, 1.165) is 23.1 Å². The molecule has 0 amide bonds. The van der Waals surface area contributed by atoms with Crippen molar-refractivity contribution in [3.05, 3.63) is 88.5 Å². The van der Waals surface area contributed by atoms with Gasteiger partial charge in [0.1, 0.15) is 0 Å². The lowest BCUT2D eigenvalue weighted by atomic mass is 9.73. The van der Waals surface area contributed by atoms with Crippen LogP contribution in [-0.4, -0.2) is 23.8 Å². The van der Waals surface area contributed by atoms with Gasteiger partial charge in [-0.3, -0.25) is 0 Å². The molecule has 0 spiro atoms. The van der Waals surface area contributed by atoms with Gasteiger partial charge in [0.25, 0.3) is 0 Å². The van der Waals surface area contributed by atoms with Crippen LogP contribution in [0.25, 0.3) is 17.7 Å². The number of hydrogen-bond acceptors (Lipinski definition) is 3. The molecular formula is C27H30O3. The summed E-state index contributed by atoms with van der Waals surface area (Å²) in [5.41, 5.74) is 5.55. The van der Waals surface area contributed by atoms with Gasteiger partial charge in [-0.2, -0.15) is 0 Å². The van der Waals surface area contributed by atoms with Crippen LogP contribution < -0.4 is 0 Å². The first-order valence-electron chi connectivity index (χ1n) is 10.2. The number of carbonyl (C=O) groups is 1. The van der Waals surface area contributed by atoms with Crippen LogP contribution in [0.4, 0.5) is 0 Å². The fraction of sp³-hybridized carbons (Fsp3) is 0.296. The van der Waals surface area contributed by atoms with E-state index >= 15 is 0 Å². The lowest BCUT2D eigenvalue weighted by Crippen LogP contribution is -2.21. The molecule has 3 nitrogen and oxygen atoms in total. The third-order valence-corrected chi connectivity index (χ3v) is 5.39. The summed E-state index contributed by atoms with van der Waals surface area (Å²) in [6.45, 7) is 8.08. The van der Waals surface area contributed by atoms with E-state index in [9.17, 15) is 9.90 Å². The number of esters is 1. The summed E-state index contributed by atoms with van der Waals surface area (Å²) < 4.78 is 4.74. The molecule has 1 N–H and O–H groups in total. The summed E-state index contributed by atoms with van der Waals surface area (Å²) >= 11 is 0. The Morgan fingerprint density at radius 2 is 1.67 bits per heavy atom. The van der Waals surface area contributed by atoms with Gasteiger partial charge in [-0.15, -0.1) is 0 Å². The average molecular weight is 403 g/mol. The number of methoxy groups -OCH3 is 1. The normalized spacial score (nSPS) is 15.9. The predicted molar refractivity (Wildman–Crippen MR) is 124 cm³/mol. The summed E-state index contributed by atoms with van der Waals surface area (Å²) in [4.78, 5) is 11.6. The van der Waals surface area contributed by atoms with Crippen LogP contribution in [0.2, 0.25) is 0 Å². The first kappa shape index (κ1) is 21.8. The van der Waals surface area contributed by atoms with Gasteiger partial charge in [0.15, 0.2) is 0 Å². The van der Waals surface area contributed by atoms with E-state index in [2.05, 4.69) is 44.2 Å². The molecule has 0 heterocycles. The van der Waals surface area contributed by atoms with Crippen molar-refractivity contribution in [2.24, 2.45) is 0 Å². The first-order chi connectivity index (χ1) is 14.1. The smallest absolute Gasteiger partial charge is 0.337 e. The summed E-state index contributed by atoms with van der Waals surface area (Å²) in [6, 6.07) is 13.9. The molecule has 1 aliphatic rings. The van der Waals surface area contributed by atoms with Crippen LogP contribution in [0.1, 0.15) is 66.7 Å². The zero-order valence-corrected chi connectivity index (χ0v) is 18.4. The topological polar surface area (TPSA) is 46.5 Å². The molecule has 3 rings (SSSR count). The van der Waals surface area contributed by atoms with Gasteiger partial charge in [-0.25, -0.2) is 4.79 Å². The molecule has 2 aromatic carbocycles. The Hall–Kier alpha value is -2.91. The molecule has 156 valence electrons. The van der Waals surface area contributed by atoms with Crippen LogP contribution in [0.15, 0.2) is 60.7 Å². The standard InChI is InChI=1S/C27H30O3/c1-26(2)16-14-21(15-17-27(3,4)29)23-18-20(10-13-24(23)26)7-6-19-8-11-22(12-9-19)25(28)30-5/h6-15,17-18,29H,16H2,1-5H3. The minimum Gasteiger partial charge on any atom is -0.465 e. The largest absolute Gasteiger partial charge is 0.465 e. The molecule has 0 saturated heterocycles. The molecule has 0 radical (unpaired) electrons. The van der Waals surface area contributed by atoms with Gasteiger partial charge in [-0.1, -0.05) is 68.5 Å². The molecule has 0 unspecified atom stereocenters. The fourth-order valence-corrected chi connectivity index (χ4v) is 3.57. The number of rotatable bonds is 5. The maximum absolute atomic E-state index is 11.6. The Kier molecular flexibility index (Phi) is 6.14. The van der Waals surface area contributed by atoms with Crippen LogP contribution in [0.5, 0.6) is 0 Å². The first-order valence-corrected chi connectivity index (χ1v) is 10.2. The SMILES string of the molecule is COC(=O)c1ccc(C=Cc2ccc3c(c2)C(C=CC(C)(C)O)=CCC3(C)C)cc1. The van der Waals surface area contributed by atoms with Crippen LogP contribution >= 0.6 is 0 Å². The summed E-state index contributed by atoms with van der Waals surface area (Å²) in [7, 11) is 1.38. The second-order valence-corrected chi connectivity index (χ2v) is 8.99. The summed E-state index contributed by atoms with van der Waals surface area (Å²) in [6.07, 6.45) is 11.2. The Bertz CT molecular complexity index is 1010. The van der Waals surface area contributed by atoms with Gasteiger partial charge < -0.3 is 9.84 Å². The number of hydrogen-bond donors (Lipinski definition) is 1. The van der Waals surface area contributed by atoms with E-state index in [1.165, 1.54) is 18.2 Å². The van der Waals surface area contributed by atoms with Crippen molar-refractivity contribution in [3.63, 3.8) is 0 Å². The second kappa shape index (κ2) is 8.45. The zero-order chi connectivity index (χ0) is 21.9. The monoisotopic (exact) mass is 402 g/mol. The van der Waals surface area contributed by atoms with Crippen molar-refractivity contribution < 1.29 is 14.6 Å². The number of aliphatic hydroxyl groups is 1. The zero-order valence-electron chi connectivity index (χ0n) is 18.4. The molecule has 30 heavy (non-hydrogen) atoms. The Labute approximate surface area is 179 Å². The van der Waals surface area contributed by atoms with E-state index < -0.39 is 5.60 Å². The predicted octanol–water partition coefficient (Wildman–Crippen LogP) is 6.04. The molecule has 2 aromatic rings. The van der Waals surface area contributed by atoms with E-state index in [0.29, 0.717) is 5.56 Å². The van der Waals surface area contributed by atoms with Gasteiger partial charge >= 0.3 is 5.97 Å². The van der Waals surface area contributed by atoms with Crippen molar-refractivity contribution in [2.75, 3.05) is 7.11 Å². The number of carbonyl (C=O) groups excluding carboxylic acids is 1. The maximum Gasteiger partial charge on any atom is 0.337 e. The van der Waals surface area contributed by atoms with Crippen molar-refractivity contribution in [1.82, 2.24) is 0 Å². The Morgan fingerprint density at radius 1 is 1.03 bits per heavy atom. The summed E-state index contributed by atoms with van der Waals surface area (Å²) in [5, 5.41) is 10.1. The molecule has 0 fully saturated rings. The molecular weight excluding hydrogens is 372 g/mol. The third-order valence-electron chi connectivity index (χ3n) is 5.39. The average Bonchev–Trinajstić information content (AvgIpc) is 2.70. The Morgan fingerprint density at radius 3 is 2.30 bits per heavy atom. The van der Waals surface area contributed by atoms with Gasteiger partial charge in [0.2, 0.25) is 0 Å². The lowest BCUT2D eigenvalue weighted by Gasteiger charge is -2.32. The van der Waals surface area contributed by atoms with E-state index in [1.807, 2.05) is 30.4 Å². The Balaban J connectivity index is 1.90. The van der Waals surface area contributed by atoms with Gasteiger partial charge in [-0.05, 0) is 71.7 Å². The lowest BCUT2D eigenvalue weighted by molar-refractivity contribution is 0.0600. The molecule has 1 aliphatic carbocycles. The second-order valence-electron chi connectivity index (χ2n) is 8.99. The quantitative estimate of drug-likeness (QED) is 0.490. The van der Waals surface area contributed by atoms with E-state index in [-0.39, 0.29) is 11.4 Å². The molecule has 0 aromatic heterocycles. The van der Waals surface area contributed by atoms with E-state index in [4.69, 9.17) is 4.74 Å². The van der Waals surface area contributed by atoms with Gasteiger partial charge in [0, 0.05) is 0 Å².